The molecule has 10 heteroatoms. The first-order valence-corrected chi connectivity index (χ1v) is 8.04. The van der Waals surface area contributed by atoms with Crippen LogP contribution in [0.1, 0.15) is 13.8 Å². The van der Waals surface area contributed by atoms with E-state index < -0.39 is 32.4 Å². The first-order valence-electron chi connectivity index (χ1n) is 4.35. The number of aliphatic hydroxyl groups is 2. The lowest BCUT2D eigenvalue weighted by Crippen LogP contribution is -1.98. The standard InChI is InChI=1S/C6H10O2.2CH4O3S/c1-5(7)3-4-6(2)8;2*1-5(2,3)4/h5-8H,1-2H3;2*1H3,(H,2,3,4). The highest BCUT2D eigenvalue weighted by Gasteiger charge is 1.85. The zero-order chi connectivity index (χ0) is 15.6. The van der Waals surface area contributed by atoms with Crippen molar-refractivity contribution >= 4 is 20.2 Å². The van der Waals surface area contributed by atoms with E-state index in [1.807, 2.05) is 0 Å². The maximum Gasteiger partial charge on any atom is 0.261 e. The van der Waals surface area contributed by atoms with Crippen LogP contribution in [0.15, 0.2) is 0 Å². The van der Waals surface area contributed by atoms with Crippen LogP contribution in [0.2, 0.25) is 0 Å². The highest BCUT2D eigenvalue weighted by atomic mass is 32.2. The molecule has 2 atom stereocenters. The summed E-state index contributed by atoms with van der Waals surface area (Å²) in [6.45, 7) is 3.10. The molecule has 4 N–H and O–H groups in total. The molecular formula is C8H18O8S2. The Morgan fingerprint density at radius 2 is 0.889 bits per heavy atom. The molecule has 0 aromatic carbocycles. The van der Waals surface area contributed by atoms with Crippen molar-refractivity contribution in [2.45, 2.75) is 26.1 Å². The molecule has 0 aliphatic rings. The van der Waals surface area contributed by atoms with Crippen molar-refractivity contribution in [1.82, 2.24) is 0 Å². The highest BCUT2D eigenvalue weighted by molar-refractivity contribution is 7.85. The Balaban J connectivity index is -0.000000197. The molecule has 0 heterocycles. The molecular weight excluding hydrogens is 288 g/mol. The van der Waals surface area contributed by atoms with E-state index in [-0.39, 0.29) is 0 Å². The van der Waals surface area contributed by atoms with Gasteiger partial charge in [0.1, 0.15) is 12.2 Å². The summed E-state index contributed by atoms with van der Waals surface area (Å²) in [5, 5.41) is 17.0. The van der Waals surface area contributed by atoms with E-state index >= 15 is 0 Å². The smallest absolute Gasteiger partial charge is 0.261 e. The fourth-order valence-electron chi connectivity index (χ4n) is 0.241. The molecule has 0 aromatic rings. The van der Waals surface area contributed by atoms with Gasteiger partial charge in [0.2, 0.25) is 0 Å². The van der Waals surface area contributed by atoms with Crippen molar-refractivity contribution in [3.05, 3.63) is 0 Å². The van der Waals surface area contributed by atoms with E-state index in [2.05, 4.69) is 11.8 Å². The monoisotopic (exact) mass is 306 g/mol. The van der Waals surface area contributed by atoms with E-state index in [1.165, 1.54) is 0 Å². The average Bonchev–Trinajstić information content (AvgIpc) is 1.93. The Morgan fingerprint density at radius 1 is 0.778 bits per heavy atom. The molecule has 2 unspecified atom stereocenters. The minimum absolute atomic E-state index is 0.635. The first kappa shape index (κ1) is 22.5. The predicted molar refractivity (Wildman–Crippen MR) is 66.1 cm³/mol. The zero-order valence-corrected chi connectivity index (χ0v) is 12.0. The molecule has 8 nitrogen and oxygen atoms in total. The van der Waals surface area contributed by atoms with Crippen molar-refractivity contribution in [1.29, 1.82) is 0 Å². The third-order valence-electron chi connectivity index (χ3n) is 0.501. The summed E-state index contributed by atoms with van der Waals surface area (Å²) in [4.78, 5) is 0. The van der Waals surface area contributed by atoms with E-state index in [0.29, 0.717) is 12.5 Å². The second-order valence-electron chi connectivity index (χ2n) is 3.11. The lowest BCUT2D eigenvalue weighted by molar-refractivity contribution is 0.243. The van der Waals surface area contributed by atoms with Gasteiger partial charge in [-0.1, -0.05) is 11.8 Å². The Labute approximate surface area is 107 Å². The Morgan fingerprint density at radius 3 is 0.944 bits per heavy atom. The lowest BCUT2D eigenvalue weighted by atomic mass is 10.3. The van der Waals surface area contributed by atoms with Crippen molar-refractivity contribution in [3.8, 4) is 11.8 Å². The van der Waals surface area contributed by atoms with Gasteiger partial charge in [-0.05, 0) is 13.8 Å². The van der Waals surface area contributed by atoms with Crippen LogP contribution in [0.25, 0.3) is 0 Å². The van der Waals surface area contributed by atoms with Gasteiger partial charge >= 0.3 is 0 Å². The van der Waals surface area contributed by atoms with Crippen LogP contribution in [0, 0.1) is 11.8 Å². The second kappa shape index (κ2) is 10.2. The summed E-state index contributed by atoms with van der Waals surface area (Å²) in [6, 6.07) is 0. The van der Waals surface area contributed by atoms with E-state index in [0.717, 1.165) is 0 Å². The third kappa shape index (κ3) is 169. The summed E-state index contributed by atoms with van der Waals surface area (Å²) < 4.78 is 51.7. The first-order chi connectivity index (χ1) is 7.63. The van der Waals surface area contributed by atoms with Crippen LogP contribution < -0.4 is 0 Å². The molecule has 18 heavy (non-hydrogen) atoms. The topological polar surface area (TPSA) is 149 Å². The number of aliphatic hydroxyl groups excluding tert-OH is 2. The van der Waals surface area contributed by atoms with Crippen LogP contribution in [0.3, 0.4) is 0 Å². The Hall–Kier alpha value is -0.700. The van der Waals surface area contributed by atoms with Crippen LogP contribution in [-0.2, 0) is 20.2 Å². The summed E-state index contributed by atoms with van der Waals surface area (Å²) in [5.74, 6) is 4.80. The molecule has 0 saturated carbocycles. The molecule has 0 bridgehead atoms. The lowest BCUT2D eigenvalue weighted by Gasteiger charge is -1.89. The summed E-state index contributed by atoms with van der Waals surface area (Å²) in [6.07, 6.45) is 0.161. The summed E-state index contributed by atoms with van der Waals surface area (Å²) >= 11 is 0. The zero-order valence-electron chi connectivity index (χ0n) is 10.4. The molecule has 0 aliphatic heterocycles. The minimum Gasteiger partial charge on any atom is -0.381 e. The fourth-order valence-corrected chi connectivity index (χ4v) is 0.241. The van der Waals surface area contributed by atoms with E-state index in [1.54, 1.807) is 13.8 Å². The van der Waals surface area contributed by atoms with Crippen molar-refractivity contribution in [2.24, 2.45) is 0 Å². The second-order valence-corrected chi connectivity index (χ2v) is 6.04. The average molecular weight is 306 g/mol. The molecule has 0 aromatic heterocycles. The van der Waals surface area contributed by atoms with Gasteiger partial charge in [-0.15, -0.1) is 0 Å². The molecule has 110 valence electrons. The van der Waals surface area contributed by atoms with Gasteiger partial charge in [0, 0.05) is 0 Å². The van der Waals surface area contributed by atoms with E-state index in [9.17, 15) is 16.8 Å². The highest BCUT2D eigenvalue weighted by Crippen LogP contribution is 1.76. The molecule has 0 fully saturated rings. The van der Waals surface area contributed by atoms with Gasteiger partial charge < -0.3 is 10.2 Å². The molecule has 0 spiro atoms. The Kier molecular flexibility index (Phi) is 12.8. The van der Waals surface area contributed by atoms with Gasteiger partial charge in [-0.25, -0.2) is 0 Å². The molecule has 0 radical (unpaired) electrons. The SMILES string of the molecule is CC(O)C#CC(C)O.CS(=O)(=O)O.CS(=O)(=O)O. The van der Waals surface area contributed by atoms with Gasteiger partial charge in [0.15, 0.2) is 0 Å². The molecule has 0 amide bonds. The van der Waals surface area contributed by atoms with Gasteiger partial charge in [0.25, 0.3) is 20.2 Å². The van der Waals surface area contributed by atoms with Crippen LogP contribution in [0.4, 0.5) is 0 Å². The van der Waals surface area contributed by atoms with Gasteiger partial charge in [0.05, 0.1) is 12.5 Å². The van der Waals surface area contributed by atoms with Crippen LogP contribution >= 0.6 is 0 Å². The quantitative estimate of drug-likeness (QED) is 0.320. The van der Waals surface area contributed by atoms with Crippen LogP contribution in [-0.4, -0.2) is 60.9 Å². The fraction of sp³-hybridized carbons (Fsp3) is 0.750. The minimum atomic E-state index is -3.67. The Bertz CT molecular complexity index is 391. The van der Waals surface area contributed by atoms with Crippen molar-refractivity contribution in [3.63, 3.8) is 0 Å². The predicted octanol–water partition coefficient (Wildman–Crippen LogP) is -1.24. The van der Waals surface area contributed by atoms with Gasteiger partial charge in [-0.2, -0.15) is 16.8 Å². The maximum atomic E-state index is 9.19. The molecule has 0 aliphatic carbocycles. The normalized spacial score (nSPS) is 13.6. The number of rotatable bonds is 0. The largest absolute Gasteiger partial charge is 0.381 e. The van der Waals surface area contributed by atoms with Gasteiger partial charge in [-0.3, -0.25) is 9.11 Å². The molecule has 0 rings (SSSR count). The number of hydrogen-bond donors (Lipinski definition) is 4. The number of hydrogen-bond acceptors (Lipinski definition) is 6. The van der Waals surface area contributed by atoms with E-state index in [4.69, 9.17) is 19.3 Å². The summed E-state index contributed by atoms with van der Waals surface area (Å²) in [5.41, 5.74) is 0. The van der Waals surface area contributed by atoms with Crippen molar-refractivity contribution in [2.75, 3.05) is 12.5 Å². The summed E-state index contributed by atoms with van der Waals surface area (Å²) in [7, 11) is -7.33. The molecule has 0 saturated heterocycles. The third-order valence-corrected chi connectivity index (χ3v) is 0.501. The van der Waals surface area contributed by atoms with Crippen LogP contribution in [0.5, 0.6) is 0 Å². The van der Waals surface area contributed by atoms with Crippen molar-refractivity contribution < 1.29 is 36.2 Å². The maximum absolute atomic E-state index is 9.19.